The van der Waals surface area contributed by atoms with Gasteiger partial charge in [0.15, 0.2) is 0 Å². The second kappa shape index (κ2) is 11.7. The maximum atomic E-state index is 15.3. The van der Waals surface area contributed by atoms with E-state index in [0.717, 1.165) is 29.5 Å². The topological polar surface area (TPSA) is 67.9 Å². The molecule has 0 bridgehead atoms. The molecule has 190 valence electrons. The van der Waals surface area contributed by atoms with E-state index in [1.54, 1.807) is 11.0 Å². The van der Waals surface area contributed by atoms with Crippen LogP contribution in [0.15, 0.2) is 42.5 Å². The predicted octanol–water partition coefficient (Wildman–Crippen LogP) is 5.64. The van der Waals surface area contributed by atoms with Gasteiger partial charge in [-0.1, -0.05) is 42.0 Å². The van der Waals surface area contributed by atoms with Gasteiger partial charge in [-0.05, 0) is 57.7 Å². The molecule has 0 aliphatic carbocycles. The lowest BCUT2D eigenvalue weighted by atomic mass is 9.84. The third-order valence-electron chi connectivity index (χ3n) is 5.97. The van der Waals surface area contributed by atoms with Crippen LogP contribution in [0, 0.1) is 18.7 Å². The fourth-order valence-electron chi connectivity index (χ4n) is 4.53. The second-order valence-corrected chi connectivity index (χ2v) is 10.2. The molecule has 1 saturated heterocycles. The van der Waals surface area contributed by atoms with Gasteiger partial charge in [0.25, 0.3) is 0 Å². The van der Waals surface area contributed by atoms with Crippen molar-refractivity contribution < 1.29 is 23.5 Å². The lowest BCUT2D eigenvalue weighted by molar-refractivity contribution is -0.119. The van der Waals surface area contributed by atoms with E-state index in [1.165, 1.54) is 13.0 Å². The van der Waals surface area contributed by atoms with Gasteiger partial charge in [0.05, 0.1) is 12.7 Å². The van der Waals surface area contributed by atoms with Crippen molar-refractivity contribution in [2.24, 2.45) is 5.92 Å². The van der Waals surface area contributed by atoms with E-state index < -0.39 is 11.7 Å². The average molecular weight is 485 g/mol. The third kappa shape index (κ3) is 7.52. The van der Waals surface area contributed by atoms with Crippen molar-refractivity contribution in [1.29, 1.82) is 0 Å². The van der Waals surface area contributed by atoms with Crippen LogP contribution in [0.5, 0.6) is 0 Å². The van der Waals surface area contributed by atoms with Crippen LogP contribution in [0.1, 0.15) is 57.8 Å². The van der Waals surface area contributed by atoms with Gasteiger partial charge in [0.2, 0.25) is 5.91 Å². The lowest BCUT2D eigenvalue weighted by Gasteiger charge is -2.38. The molecule has 0 radical (unpaired) electrons. The molecule has 2 atom stereocenters. The van der Waals surface area contributed by atoms with E-state index in [1.807, 2.05) is 58.0 Å². The highest BCUT2D eigenvalue weighted by Crippen LogP contribution is 2.39. The van der Waals surface area contributed by atoms with Gasteiger partial charge in [-0.3, -0.25) is 4.79 Å². The molecule has 35 heavy (non-hydrogen) atoms. The minimum absolute atomic E-state index is 0.0565. The lowest BCUT2D eigenvalue weighted by Crippen LogP contribution is -2.44. The van der Waals surface area contributed by atoms with Gasteiger partial charge in [0, 0.05) is 38.0 Å². The molecule has 7 heteroatoms. The molecule has 2 aromatic carbocycles. The Morgan fingerprint density at radius 3 is 2.63 bits per heavy atom. The third-order valence-corrected chi connectivity index (χ3v) is 5.97. The number of benzene rings is 2. The minimum atomic E-state index is -0.584. The zero-order chi connectivity index (χ0) is 25.6. The molecule has 2 amide bonds. The van der Waals surface area contributed by atoms with E-state index in [2.05, 4.69) is 5.32 Å². The number of rotatable bonds is 7. The van der Waals surface area contributed by atoms with Crippen molar-refractivity contribution in [3.63, 3.8) is 0 Å². The quantitative estimate of drug-likeness (QED) is 0.516. The van der Waals surface area contributed by atoms with Crippen LogP contribution in [0.25, 0.3) is 11.1 Å². The van der Waals surface area contributed by atoms with E-state index in [-0.39, 0.29) is 30.3 Å². The number of carbonyl (C=O) groups excluding carboxylic acids is 2. The number of halogens is 1. The van der Waals surface area contributed by atoms with Crippen molar-refractivity contribution in [1.82, 2.24) is 10.2 Å². The van der Waals surface area contributed by atoms with E-state index >= 15 is 4.39 Å². The first kappa shape index (κ1) is 26.7. The van der Waals surface area contributed by atoms with Gasteiger partial charge in [0.1, 0.15) is 11.4 Å². The smallest absolute Gasteiger partial charge is 0.410 e. The molecule has 0 spiro atoms. The van der Waals surface area contributed by atoms with Crippen LogP contribution in [0.3, 0.4) is 0 Å². The summed E-state index contributed by atoms with van der Waals surface area (Å²) in [7, 11) is 0. The SMILES string of the molecule is CC(=O)NCCO[C@@H](c1cccc(F)c1-c1cccc(C)c1)C1CCCN(C(=O)OC(C)(C)C)C1. The van der Waals surface area contributed by atoms with Crippen molar-refractivity contribution >= 4 is 12.0 Å². The summed E-state index contributed by atoms with van der Waals surface area (Å²) >= 11 is 0. The Morgan fingerprint density at radius 2 is 1.94 bits per heavy atom. The van der Waals surface area contributed by atoms with Crippen molar-refractivity contribution in [2.45, 2.75) is 59.2 Å². The summed E-state index contributed by atoms with van der Waals surface area (Å²) in [5, 5.41) is 2.75. The highest BCUT2D eigenvalue weighted by Gasteiger charge is 2.34. The Morgan fingerprint density at radius 1 is 1.20 bits per heavy atom. The Hall–Kier alpha value is -2.93. The highest BCUT2D eigenvalue weighted by atomic mass is 19.1. The summed E-state index contributed by atoms with van der Waals surface area (Å²) in [4.78, 5) is 25.8. The van der Waals surface area contributed by atoms with Crippen molar-refractivity contribution in [3.8, 4) is 11.1 Å². The summed E-state index contributed by atoms with van der Waals surface area (Å²) in [6.07, 6.45) is 0.816. The summed E-state index contributed by atoms with van der Waals surface area (Å²) in [6, 6.07) is 12.8. The summed E-state index contributed by atoms with van der Waals surface area (Å²) in [6.45, 7) is 10.7. The first-order valence-electron chi connectivity index (χ1n) is 12.2. The summed E-state index contributed by atoms with van der Waals surface area (Å²) in [5.41, 5.74) is 2.49. The maximum absolute atomic E-state index is 15.3. The average Bonchev–Trinajstić information content (AvgIpc) is 2.78. The first-order chi connectivity index (χ1) is 16.5. The molecule has 1 unspecified atom stereocenters. The van der Waals surface area contributed by atoms with E-state index in [0.29, 0.717) is 25.2 Å². The van der Waals surface area contributed by atoms with Crippen LogP contribution < -0.4 is 5.32 Å². The summed E-state index contributed by atoms with van der Waals surface area (Å²) < 4.78 is 27.2. The molecule has 6 nitrogen and oxygen atoms in total. The van der Waals surface area contributed by atoms with E-state index in [9.17, 15) is 9.59 Å². The molecule has 0 aromatic heterocycles. The second-order valence-electron chi connectivity index (χ2n) is 10.2. The number of carbonyl (C=O) groups is 2. The molecule has 3 rings (SSSR count). The van der Waals surface area contributed by atoms with Crippen LogP contribution >= 0.6 is 0 Å². The molecular formula is C28H37FN2O4. The fraction of sp³-hybridized carbons (Fsp3) is 0.500. The molecule has 2 aromatic rings. The van der Waals surface area contributed by atoms with Gasteiger partial charge in [-0.2, -0.15) is 0 Å². The standard InChI is InChI=1S/C28H37FN2O4/c1-19-9-6-10-21(17-19)25-23(12-7-13-24(25)29)26(34-16-14-30-20(2)32)22-11-8-15-31(18-22)27(33)35-28(3,4)5/h6-7,9-10,12-13,17,22,26H,8,11,14-16,18H2,1-5H3,(H,30,32)/t22?,26-/m1/s1. The first-order valence-corrected chi connectivity index (χ1v) is 12.2. The molecule has 1 heterocycles. The van der Waals surface area contributed by atoms with Crippen LogP contribution in [0.4, 0.5) is 9.18 Å². The van der Waals surface area contributed by atoms with Gasteiger partial charge in [-0.25, -0.2) is 9.18 Å². The Bertz CT molecular complexity index is 1030. The number of nitrogens with one attached hydrogen (secondary N) is 1. The van der Waals surface area contributed by atoms with Crippen LogP contribution in [0.2, 0.25) is 0 Å². The zero-order valence-electron chi connectivity index (χ0n) is 21.4. The van der Waals surface area contributed by atoms with Crippen molar-refractivity contribution in [2.75, 3.05) is 26.2 Å². The van der Waals surface area contributed by atoms with Gasteiger partial charge >= 0.3 is 6.09 Å². The normalized spacial score (nSPS) is 17.1. The number of ether oxygens (including phenoxy) is 2. The summed E-state index contributed by atoms with van der Waals surface area (Å²) in [5.74, 6) is -0.507. The number of nitrogens with zero attached hydrogens (tertiary/aromatic N) is 1. The Labute approximate surface area is 207 Å². The molecule has 0 saturated carbocycles. The van der Waals surface area contributed by atoms with Crippen LogP contribution in [-0.4, -0.2) is 48.7 Å². The minimum Gasteiger partial charge on any atom is -0.444 e. The highest BCUT2D eigenvalue weighted by molar-refractivity contribution is 5.72. The number of amides is 2. The fourth-order valence-corrected chi connectivity index (χ4v) is 4.53. The van der Waals surface area contributed by atoms with Crippen molar-refractivity contribution in [3.05, 3.63) is 59.4 Å². The molecule has 1 aliphatic rings. The number of hydrogen-bond acceptors (Lipinski definition) is 4. The number of likely N-dealkylation sites (tertiary alicyclic amines) is 1. The van der Waals surface area contributed by atoms with E-state index in [4.69, 9.17) is 9.47 Å². The Kier molecular flexibility index (Phi) is 8.89. The maximum Gasteiger partial charge on any atom is 0.410 e. The number of aryl methyl sites for hydroxylation is 1. The largest absolute Gasteiger partial charge is 0.444 e. The molecule has 1 fully saturated rings. The Balaban J connectivity index is 1.94. The van der Waals surface area contributed by atoms with Gasteiger partial charge < -0.3 is 19.7 Å². The monoisotopic (exact) mass is 484 g/mol. The molecule has 1 aliphatic heterocycles. The zero-order valence-corrected chi connectivity index (χ0v) is 21.4. The molecule has 1 N–H and O–H groups in total. The predicted molar refractivity (Wildman–Crippen MR) is 134 cm³/mol. The number of hydrogen-bond donors (Lipinski definition) is 1. The number of piperidine rings is 1. The van der Waals surface area contributed by atoms with Crippen LogP contribution in [-0.2, 0) is 14.3 Å². The molecular weight excluding hydrogens is 447 g/mol. The van der Waals surface area contributed by atoms with Gasteiger partial charge in [-0.15, -0.1) is 0 Å².